The molecule has 1 saturated carbocycles. The summed E-state index contributed by atoms with van der Waals surface area (Å²) in [6.07, 6.45) is 5.26. The fourth-order valence-corrected chi connectivity index (χ4v) is 2.54. The molecule has 2 fully saturated rings. The van der Waals surface area contributed by atoms with Crippen molar-refractivity contribution in [2.75, 3.05) is 19.7 Å². The number of hydrogen-bond donors (Lipinski definition) is 1. The van der Waals surface area contributed by atoms with Gasteiger partial charge in [0.15, 0.2) is 0 Å². The van der Waals surface area contributed by atoms with Gasteiger partial charge in [0.05, 0.1) is 12.2 Å². The standard InChI is InChI=1S/C10H19NO/c1-2-9-3-4-10(7-9)8-11-5-6-12-10/h9,11H,2-8H2,1H3. The molecule has 0 radical (unpaired) electrons. The normalized spacial score (nSPS) is 42.2. The molecule has 1 aliphatic heterocycles. The van der Waals surface area contributed by atoms with E-state index in [1.165, 1.54) is 25.7 Å². The van der Waals surface area contributed by atoms with Crippen molar-refractivity contribution < 1.29 is 4.74 Å². The molecule has 0 aromatic heterocycles. The van der Waals surface area contributed by atoms with Gasteiger partial charge in [0.2, 0.25) is 0 Å². The summed E-state index contributed by atoms with van der Waals surface area (Å²) in [6, 6.07) is 0. The van der Waals surface area contributed by atoms with Gasteiger partial charge in [-0.25, -0.2) is 0 Å². The number of ether oxygens (including phenoxy) is 1. The molecule has 2 aliphatic rings. The molecule has 2 rings (SSSR count). The van der Waals surface area contributed by atoms with Crippen LogP contribution in [0.4, 0.5) is 0 Å². The Labute approximate surface area is 74.7 Å². The minimum atomic E-state index is 0.235. The van der Waals surface area contributed by atoms with Crippen LogP contribution in [0.15, 0.2) is 0 Å². The topological polar surface area (TPSA) is 21.3 Å². The Morgan fingerprint density at radius 2 is 2.50 bits per heavy atom. The molecule has 0 aromatic rings. The van der Waals surface area contributed by atoms with Gasteiger partial charge >= 0.3 is 0 Å². The zero-order valence-electron chi connectivity index (χ0n) is 7.94. The first-order valence-electron chi connectivity index (χ1n) is 5.19. The molecule has 0 bridgehead atoms. The van der Waals surface area contributed by atoms with E-state index in [9.17, 15) is 0 Å². The molecule has 12 heavy (non-hydrogen) atoms. The van der Waals surface area contributed by atoms with E-state index in [0.29, 0.717) is 0 Å². The number of morpholine rings is 1. The summed E-state index contributed by atoms with van der Waals surface area (Å²) in [5.41, 5.74) is 0.235. The maximum atomic E-state index is 5.90. The van der Waals surface area contributed by atoms with Gasteiger partial charge in [-0.2, -0.15) is 0 Å². The average Bonchev–Trinajstić information content (AvgIpc) is 2.50. The Morgan fingerprint density at radius 3 is 3.08 bits per heavy atom. The summed E-state index contributed by atoms with van der Waals surface area (Å²) in [4.78, 5) is 0. The van der Waals surface area contributed by atoms with Crippen molar-refractivity contribution >= 4 is 0 Å². The number of hydrogen-bond acceptors (Lipinski definition) is 2. The summed E-state index contributed by atoms with van der Waals surface area (Å²) < 4.78 is 5.90. The first-order valence-corrected chi connectivity index (χ1v) is 5.19. The van der Waals surface area contributed by atoms with Crippen molar-refractivity contribution in [1.29, 1.82) is 0 Å². The van der Waals surface area contributed by atoms with E-state index in [1.807, 2.05) is 0 Å². The van der Waals surface area contributed by atoms with Gasteiger partial charge < -0.3 is 10.1 Å². The number of rotatable bonds is 1. The highest BCUT2D eigenvalue weighted by molar-refractivity contribution is 4.94. The van der Waals surface area contributed by atoms with E-state index < -0.39 is 0 Å². The van der Waals surface area contributed by atoms with Crippen LogP contribution in [0.3, 0.4) is 0 Å². The fraction of sp³-hybridized carbons (Fsp3) is 1.00. The van der Waals surface area contributed by atoms with Crippen molar-refractivity contribution in [3.05, 3.63) is 0 Å². The molecule has 2 atom stereocenters. The Morgan fingerprint density at radius 1 is 1.58 bits per heavy atom. The Hall–Kier alpha value is -0.0800. The van der Waals surface area contributed by atoms with Crippen LogP contribution in [0.1, 0.15) is 32.6 Å². The molecule has 1 aliphatic carbocycles. The first kappa shape index (κ1) is 8.52. The lowest BCUT2D eigenvalue weighted by molar-refractivity contribution is -0.0629. The smallest absolute Gasteiger partial charge is 0.0809 e. The minimum absolute atomic E-state index is 0.235. The summed E-state index contributed by atoms with van der Waals surface area (Å²) >= 11 is 0. The van der Waals surface area contributed by atoms with E-state index in [-0.39, 0.29) is 5.60 Å². The van der Waals surface area contributed by atoms with Gasteiger partial charge in [-0.05, 0) is 25.2 Å². The van der Waals surface area contributed by atoms with Gasteiger partial charge in [-0.1, -0.05) is 13.3 Å². The lowest BCUT2D eigenvalue weighted by Gasteiger charge is -2.34. The van der Waals surface area contributed by atoms with Gasteiger partial charge in [-0.3, -0.25) is 0 Å². The maximum absolute atomic E-state index is 5.90. The van der Waals surface area contributed by atoms with Crippen molar-refractivity contribution in [1.82, 2.24) is 5.32 Å². The van der Waals surface area contributed by atoms with E-state index in [4.69, 9.17) is 4.74 Å². The minimum Gasteiger partial charge on any atom is -0.372 e. The molecule has 70 valence electrons. The van der Waals surface area contributed by atoms with Crippen molar-refractivity contribution in [2.45, 2.75) is 38.2 Å². The van der Waals surface area contributed by atoms with Crippen LogP contribution in [0, 0.1) is 5.92 Å². The van der Waals surface area contributed by atoms with E-state index in [1.54, 1.807) is 0 Å². The van der Waals surface area contributed by atoms with Crippen LogP contribution in [-0.2, 0) is 4.74 Å². The third-order valence-corrected chi connectivity index (χ3v) is 3.38. The zero-order chi connectivity index (χ0) is 8.44. The van der Waals surface area contributed by atoms with Crippen molar-refractivity contribution in [3.8, 4) is 0 Å². The molecule has 1 N–H and O–H groups in total. The summed E-state index contributed by atoms with van der Waals surface area (Å²) in [6.45, 7) is 5.33. The average molecular weight is 169 g/mol. The predicted octanol–water partition coefficient (Wildman–Crippen LogP) is 1.56. The van der Waals surface area contributed by atoms with Crippen LogP contribution in [0.2, 0.25) is 0 Å². The fourth-order valence-electron chi connectivity index (χ4n) is 2.54. The predicted molar refractivity (Wildman–Crippen MR) is 49.2 cm³/mol. The van der Waals surface area contributed by atoms with Crippen LogP contribution in [0.5, 0.6) is 0 Å². The molecule has 2 heteroatoms. The Bertz CT molecular complexity index is 152. The van der Waals surface area contributed by atoms with E-state index in [2.05, 4.69) is 12.2 Å². The van der Waals surface area contributed by atoms with Crippen LogP contribution < -0.4 is 5.32 Å². The monoisotopic (exact) mass is 169 g/mol. The zero-order valence-corrected chi connectivity index (χ0v) is 7.94. The molecular formula is C10H19NO. The van der Waals surface area contributed by atoms with Crippen LogP contribution in [-0.4, -0.2) is 25.3 Å². The molecule has 1 saturated heterocycles. The maximum Gasteiger partial charge on any atom is 0.0809 e. The number of nitrogens with one attached hydrogen (secondary N) is 1. The molecule has 2 unspecified atom stereocenters. The lowest BCUT2D eigenvalue weighted by Crippen LogP contribution is -2.48. The highest BCUT2D eigenvalue weighted by atomic mass is 16.5. The quantitative estimate of drug-likeness (QED) is 0.643. The van der Waals surface area contributed by atoms with Gasteiger partial charge in [0.25, 0.3) is 0 Å². The Balaban J connectivity index is 1.94. The molecule has 1 heterocycles. The van der Waals surface area contributed by atoms with E-state index >= 15 is 0 Å². The van der Waals surface area contributed by atoms with Crippen LogP contribution in [0.25, 0.3) is 0 Å². The van der Waals surface area contributed by atoms with Gasteiger partial charge in [0, 0.05) is 13.1 Å². The molecule has 1 spiro atoms. The van der Waals surface area contributed by atoms with Crippen molar-refractivity contribution in [2.24, 2.45) is 5.92 Å². The van der Waals surface area contributed by atoms with Gasteiger partial charge in [-0.15, -0.1) is 0 Å². The molecule has 0 aromatic carbocycles. The first-order chi connectivity index (χ1) is 5.85. The second-order valence-corrected chi connectivity index (χ2v) is 4.23. The van der Waals surface area contributed by atoms with Crippen molar-refractivity contribution in [3.63, 3.8) is 0 Å². The SMILES string of the molecule is CCC1CCC2(CNCCO2)C1. The second kappa shape index (κ2) is 3.35. The largest absolute Gasteiger partial charge is 0.372 e. The highest BCUT2D eigenvalue weighted by Crippen LogP contribution is 2.39. The molecule has 2 nitrogen and oxygen atoms in total. The van der Waals surface area contributed by atoms with Crippen LogP contribution >= 0.6 is 0 Å². The second-order valence-electron chi connectivity index (χ2n) is 4.23. The van der Waals surface area contributed by atoms with Gasteiger partial charge in [0.1, 0.15) is 0 Å². The molecular weight excluding hydrogens is 150 g/mol. The third kappa shape index (κ3) is 1.50. The summed E-state index contributed by atoms with van der Waals surface area (Å²) in [5, 5.41) is 3.44. The molecule has 0 amide bonds. The highest BCUT2D eigenvalue weighted by Gasteiger charge is 2.40. The summed E-state index contributed by atoms with van der Waals surface area (Å²) in [7, 11) is 0. The lowest BCUT2D eigenvalue weighted by atomic mass is 9.97. The summed E-state index contributed by atoms with van der Waals surface area (Å²) in [5.74, 6) is 0.921. The third-order valence-electron chi connectivity index (χ3n) is 3.38. The Kier molecular flexibility index (Phi) is 2.37. The van der Waals surface area contributed by atoms with E-state index in [0.717, 1.165) is 25.6 Å².